The highest BCUT2D eigenvalue weighted by atomic mass is 32.1. The Bertz CT molecular complexity index is 597. The topological polar surface area (TPSA) is 55.2 Å². The molecule has 0 aliphatic rings. The van der Waals surface area contributed by atoms with Gasteiger partial charge in [0.05, 0.1) is 4.92 Å². The largest absolute Gasteiger partial charge is 0.381 e. The van der Waals surface area contributed by atoms with Gasteiger partial charge in [0, 0.05) is 23.7 Å². The van der Waals surface area contributed by atoms with E-state index in [0.717, 1.165) is 22.6 Å². The van der Waals surface area contributed by atoms with Gasteiger partial charge in [0.15, 0.2) is 0 Å². The lowest BCUT2D eigenvalue weighted by Gasteiger charge is -2.13. The third kappa shape index (κ3) is 3.12. The van der Waals surface area contributed by atoms with E-state index >= 15 is 0 Å². The van der Waals surface area contributed by atoms with Crippen LogP contribution in [0, 0.1) is 30.9 Å². The first-order valence-electron chi connectivity index (χ1n) is 6.01. The lowest BCUT2D eigenvalue weighted by Crippen LogP contribution is -2.02. The molecule has 1 N–H and O–H groups in total. The van der Waals surface area contributed by atoms with E-state index in [-0.39, 0.29) is 9.92 Å². The fraction of sp³-hybridized carbons (Fsp3) is 0.286. The van der Waals surface area contributed by atoms with Crippen molar-refractivity contribution in [3.05, 3.63) is 55.9 Å². The molecule has 0 saturated heterocycles. The van der Waals surface area contributed by atoms with E-state index in [9.17, 15) is 10.1 Å². The second-order valence-corrected chi connectivity index (χ2v) is 5.57. The number of hydrogen-bond donors (Lipinski definition) is 1. The van der Waals surface area contributed by atoms with Gasteiger partial charge in [-0.15, -0.1) is 0 Å². The van der Waals surface area contributed by atoms with Crippen LogP contribution >= 0.6 is 11.3 Å². The zero-order chi connectivity index (χ0) is 14.0. The molecular weight excluding hydrogens is 260 g/mol. The molecule has 0 amide bonds. The first-order chi connectivity index (χ1) is 8.97. The van der Waals surface area contributed by atoms with Gasteiger partial charge in [-0.25, -0.2) is 0 Å². The fourth-order valence-corrected chi connectivity index (χ4v) is 2.93. The maximum absolute atomic E-state index is 10.6. The van der Waals surface area contributed by atoms with Crippen molar-refractivity contribution in [2.75, 3.05) is 5.32 Å². The summed E-state index contributed by atoms with van der Waals surface area (Å²) in [6, 6.07) is 5.88. The first-order valence-corrected chi connectivity index (χ1v) is 6.89. The van der Waals surface area contributed by atoms with Gasteiger partial charge < -0.3 is 5.32 Å². The Morgan fingerprint density at radius 2 is 1.84 bits per heavy atom. The number of anilines is 1. The molecule has 1 aromatic carbocycles. The average molecular weight is 276 g/mol. The van der Waals surface area contributed by atoms with Crippen LogP contribution in [0.1, 0.15) is 22.3 Å². The summed E-state index contributed by atoms with van der Waals surface area (Å²) in [5.41, 5.74) is 5.69. The van der Waals surface area contributed by atoms with Crippen LogP contribution in [-0.4, -0.2) is 4.92 Å². The predicted molar refractivity (Wildman–Crippen MR) is 79.0 cm³/mol. The minimum Gasteiger partial charge on any atom is -0.381 e. The summed E-state index contributed by atoms with van der Waals surface area (Å²) in [5, 5.41) is 16.0. The lowest BCUT2D eigenvalue weighted by atomic mass is 10.1. The van der Waals surface area contributed by atoms with Crippen molar-refractivity contribution in [2.45, 2.75) is 27.3 Å². The van der Waals surface area contributed by atoms with Crippen molar-refractivity contribution in [3.63, 3.8) is 0 Å². The van der Waals surface area contributed by atoms with E-state index in [4.69, 9.17) is 0 Å². The van der Waals surface area contributed by atoms with Gasteiger partial charge in [0.1, 0.15) is 0 Å². The summed E-state index contributed by atoms with van der Waals surface area (Å²) in [7, 11) is 0. The fourth-order valence-electron chi connectivity index (χ4n) is 2.20. The van der Waals surface area contributed by atoms with Crippen molar-refractivity contribution >= 4 is 22.0 Å². The summed E-state index contributed by atoms with van der Waals surface area (Å²) >= 11 is 1.16. The highest BCUT2D eigenvalue weighted by molar-refractivity contribution is 7.13. The van der Waals surface area contributed by atoms with E-state index in [2.05, 4.69) is 38.2 Å². The summed E-state index contributed by atoms with van der Waals surface area (Å²) in [6.45, 7) is 6.82. The number of rotatable bonds is 4. The third-order valence-corrected chi connectivity index (χ3v) is 3.90. The van der Waals surface area contributed by atoms with E-state index in [1.165, 1.54) is 16.7 Å². The molecule has 0 radical (unpaired) electrons. The SMILES string of the molecule is Cc1cc(C)c(NCc2csc([N+](=O)[O-])c2)c(C)c1. The smallest absolute Gasteiger partial charge is 0.324 e. The maximum atomic E-state index is 10.6. The molecule has 0 spiro atoms. The molecule has 4 nitrogen and oxygen atoms in total. The molecule has 0 unspecified atom stereocenters. The van der Waals surface area contributed by atoms with Crippen molar-refractivity contribution in [1.29, 1.82) is 0 Å². The van der Waals surface area contributed by atoms with Crippen molar-refractivity contribution in [3.8, 4) is 0 Å². The Morgan fingerprint density at radius 3 is 2.37 bits per heavy atom. The molecule has 0 aliphatic heterocycles. The molecule has 1 aromatic heterocycles. The van der Waals surface area contributed by atoms with Crippen LogP contribution in [0.25, 0.3) is 0 Å². The molecule has 1 heterocycles. The van der Waals surface area contributed by atoms with Gasteiger partial charge in [0.2, 0.25) is 0 Å². The molecule has 0 saturated carbocycles. The number of hydrogen-bond acceptors (Lipinski definition) is 4. The first kappa shape index (κ1) is 13.5. The van der Waals surface area contributed by atoms with Gasteiger partial charge >= 0.3 is 5.00 Å². The number of aryl methyl sites for hydroxylation is 3. The molecule has 2 rings (SSSR count). The molecule has 0 fully saturated rings. The van der Waals surface area contributed by atoms with E-state index in [0.29, 0.717) is 6.54 Å². The normalized spacial score (nSPS) is 10.5. The Morgan fingerprint density at radius 1 is 1.21 bits per heavy atom. The zero-order valence-electron chi connectivity index (χ0n) is 11.2. The van der Waals surface area contributed by atoms with Gasteiger partial charge in [-0.3, -0.25) is 10.1 Å². The Balaban J connectivity index is 2.12. The summed E-state index contributed by atoms with van der Waals surface area (Å²) in [4.78, 5) is 10.3. The highest BCUT2D eigenvalue weighted by Crippen LogP contribution is 2.25. The second-order valence-electron chi connectivity index (χ2n) is 4.68. The van der Waals surface area contributed by atoms with Crippen LogP contribution in [0.4, 0.5) is 10.7 Å². The van der Waals surface area contributed by atoms with E-state index in [1.54, 1.807) is 6.07 Å². The summed E-state index contributed by atoms with van der Waals surface area (Å²) < 4.78 is 0. The molecular formula is C14H16N2O2S. The number of nitrogens with one attached hydrogen (secondary N) is 1. The van der Waals surface area contributed by atoms with Gasteiger partial charge in [-0.2, -0.15) is 0 Å². The number of nitrogens with zero attached hydrogens (tertiary/aromatic N) is 1. The maximum Gasteiger partial charge on any atom is 0.324 e. The number of thiophene rings is 1. The Labute approximate surface area is 116 Å². The second kappa shape index (κ2) is 5.40. The quantitative estimate of drug-likeness (QED) is 0.672. The van der Waals surface area contributed by atoms with E-state index in [1.807, 2.05) is 5.38 Å². The lowest BCUT2D eigenvalue weighted by molar-refractivity contribution is -0.380. The van der Waals surface area contributed by atoms with Gasteiger partial charge in [0.25, 0.3) is 0 Å². The monoisotopic (exact) mass is 276 g/mol. The molecule has 0 aliphatic carbocycles. The highest BCUT2D eigenvalue weighted by Gasteiger charge is 2.10. The average Bonchev–Trinajstić information content (AvgIpc) is 2.76. The van der Waals surface area contributed by atoms with Crippen LogP contribution in [-0.2, 0) is 6.54 Å². The summed E-state index contributed by atoms with van der Waals surface area (Å²) in [5.74, 6) is 0. The van der Waals surface area contributed by atoms with Crippen molar-refractivity contribution in [1.82, 2.24) is 0 Å². The van der Waals surface area contributed by atoms with Crippen LogP contribution in [0.5, 0.6) is 0 Å². The van der Waals surface area contributed by atoms with Crippen LogP contribution < -0.4 is 5.32 Å². The minimum atomic E-state index is -0.351. The predicted octanol–water partition coefficient (Wildman–Crippen LogP) is 4.19. The minimum absolute atomic E-state index is 0.189. The number of benzene rings is 1. The standard InChI is InChI=1S/C14H16N2O2S/c1-9-4-10(2)14(11(3)5-9)15-7-12-6-13(16(17)18)19-8-12/h4-6,8,15H,7H2,1-3H3. The molecule has 0 atom stereocenters. The Kier molecular flexibility index (Phi) is 3.85. The molecule has 2 aromatic rings. The van der Waals surface area contributed by atoms with Crippen molar-refractivity contribution < 1.29 is 4.92 Å². The van der Waals surface area contributed by atoms with Gasteiger partial charge in [-0.1, -0.05) is 29.0 Å². The number of nitro groups is 1. The Hall–Kier alpha value is -1.88. The molecule has 5 heteroatoms. The van der Waals surface area contributed by atoms with Crippen LogP contribution in [0.3, 0.4) is 0 Å². The zero-order valence-corrected chi connectivity index (χ0v) is 12.0. The van der Waals surface area contributed by atoms with E-state index < -0.39 is 0 Å². The third-order valence-electron chi connectivity index (χ3n) is 2.97. The molecule has 100 valence electrons. The van der Waals surface area contributed by atoms with Crippen molar-refractivity contribution in [2.24, 2.45) is 0 Å². The molecule has 0 bridgehead atoms. The van der Waals surface area contributed by atoms with Crippen LogP contribution in [0.15, 0.2) is 23.6 Å². The van der Waals surface area contributed by atoms with Crippen LogP contribution in [0.2, 0.25) is 0 Å². The van der Waals surface area contributed by atoms with Gasteiger partial charge in [-0.05, 0) is 37.5 Å². The molecule has 19 heavy (non-hydrogen) atoms. The summed E-state index contributed by atoms with van der Waals surface area (Å²) in [6.07, 6.45) is 0.